The third-order valence-corrected chi connectivity index (χ3v) is 6.93. The van der Waals surface area contributed by atoms with Gasteiger partial charge in [-0.25, -0.2) is 4.79 Å². The van der Waals surface area contributed by atoms with Gasteiger partial charge in [0.15, 0.2) is 0 Å². The SMILES string of the molecule is CCC(CNC(=O)[C@H](CC(=O)OCc1ccccc1)NC(=O)OCC1c2ccccc2-c2ccccc21)C(=O)O. The van der Waals surface area contributed by atoms with Crippen LogP contribution in [0.5, 0.6) is 0 Å². The fourth-order valence-corrected chi connectivity index (χ4v) is 4.71. The Balaban J connectivity index is 1.40. The molecule has 0 aliphatic heterocycles. The predicted molar refractivity (Wildman–Crippen MR) is 147 cm³/mol. The quantitative estimate of drug-likeness (QED) is 0.291. The fraction of sp³-hybridized carbons (Fsp3) is 0.290. The highest BCUT2D eigenvalue weighted by Gasteiger charge is 2.31. The second-order valence-electron chi connectivity index (χ2n) is 9.56. The van der Waals surface area contributed by atoms with E-state index in [9.17, 15) is 24.3 Å². The summed E-state index contributed by atoms with van der Waals surface area (Å²) in [6.07, 6.45) is -1.02. The summed E-state index contributed by atoms with van der Waals surface area (Å²) in [7, 11) is 0. The Hall–Kier alpha value is -4.66. The first-order valence-corrected chi connectivity index (χ1v) is 13.2. The van der Waals surface area contributed by atoms with Gasteiger partial charge in [-0.05, 0) is 34.2 Å². The number of esters is 1. The highest BCUT2D eigenvalue weighted by atomic mass is 16.5. The van der Waals surface area contributed by atoms with Gasteiger partial charge in [-0.2, -0.15) is 0 Å². The van der Waals surface area contributed by atoms with Crippen molar-refractivity contribution in [2.75, 3.05) is 13.2 Å². The van der Waals surface area contributed by atoms with Crippen molar-refractivity contribution >= 4 is 23.9 Å². The van der Waals surface area contributed by atoms with Gasteiger partial charge in [0, 0.05) is 12.5 Å². The molecule has 4 rings (SSSR count). The Bertz CT molecular complexity index is 1310. The minimum atomic E-state index is -1.31. The molecule has 2 atom stereocenters. The lowest BCUT2D eigenvalue weighted by atomic mass is 9.98. The minimum absolute atomic E-state index is 0.00980. The molecule has 3 aromatic carbocycles. The van der Waals surface area contributed by atoms with E-state index in [-0.39, 0.29) is 25.7 Å². The van der Waals surface area contributed by atoms with E-state index in [2.05, 4.69) is 10.6 Å². The molecule has 0 saturated heterocycles. The molecule has 1 aliphatic rings. The number of carboxylic acid groups (broad SMARTS) is 1. The number of hydrogen-bond donors (Lipinski definition) is 3. The summed E-state index contributed by atoms with van der Waals surface area (Å²) in [6, 6.07) is 23.5. The Morgan fingerprint density at radius 3 is 2.05 bits per heavy atom. The maximum atomic E-state index is 12.9. The first-order chi connectivity index (χ1) is 19.4. The van der Waals surface area contributed by atoms with E-state index in [0.717, 1.165) is 27.8 Å². The number of nitrogens with one attached hydrogen (secondary N) is 2. The second kappa shape index (κ2) is 13.4. The van der Waals surface area contributed by atoms with Crippen molar-refractivity contribution in [2.45, 2.75) is 38.3 Å². The van der Waals surface area contributed by atoms with Crippen LogP contribution < -0.4 is 10.6 Å². The van der Waals surface area contributed by atoms with Crippen molar-refractivity contribution in [1.82, 2.24) is 10.6 Å². The Morgan fingerprint density at radius 1 is 0.850 bits per heavy atom. The molecule has 1 aliphatic carbocycles. The molecule has 0 saturated carbocycles. The van der Waals surface area contributed by atoms with Gasteiger partial charge in [-0.15, -0.1) is 0 Å². The van der Waals surface area contributed by atoms with Crippen LogP contribution in [0.25, 0.3) is 11.1 Å². The molecule has 0 aromatic heterocycles. The van der Waals surface area contributed by atoms with Crippen LogP contribution in [0, 0.1) is 5.92 Å². The highest BCUT2D eigenvalue weighted by Crippen LogP contribution is 2.44. The second-order valence-corrected chi connectivity index (χ2v) is 9.56. The van der Waals surface area contributed by atoms with E-state index < -0.39 is 42.3 Å². The monoisotopic (exact) mass is 544 g/mol. The van der Waals surface area contributed by atoms with Crippen molar-refractivity contribution in [3.63, 3.8) is 0 Å². The van der Waals surface area contributed by atoms with Crippen molar-refractivity contribution in [3.05, 3.63) is 95.6 Å². The molecule has 0 bridgehead atoms. The molecule has 208 valence electrons. The van der Waals surface area contributed by atoms with Crippen LogP contribution in [0.4, 0.5) is 4.79 Å². The summed E-state index contributed by atoms with van der Waals surface area (Å²) in [5.74, 6) is -3.43. The van der Waals surface area contributed by atoms with E-state index >= 15 is 0 Å². The summed E-state index contributed by atoms with van der Waals surface area (Å²) in [5, 5.41) is 14.3. The summed E-state index contributed by atoms with van der Waals surface area (Å²) >= 11 is 0. The van der Waals surface area contributed by atoms with Crippen LogP contribution in [0.2, 0.25) is 0 Å². The zero-order chi connectivity index (χ0) is 28.5. The summed E-state index contributed by atoms with van der Waals surface area (Å²) in [5.41, 5.74) is 5.00. The van der Waals surface area contributed by atoms with Gasteiger partial charge in [0.25, 0.3) is 0 Å². The molecule has 9 heteroatoms. The standard InChI is InChI=1S/C31H32N2O7/c1-2-21(30(36)37)17-32-29(35)27(16-28(34)39-18-20-10-4-3-5-11-20)33-31(38)40-19-26-24-14-8-6-12-22(24)23-13-7-9-15-25(23)26/h3-15,21,26-27H,2,16-19H2,1H3,(H,32,35)(H,33,38)(H,36,37)/t21?,27-/m0/s1. The normalized spacial score (nSPS) is 13.3. The minimum Gasteiger partial charge on any atom is -0.481 e. The van der Waals surface area contributed by atoms with Crippen molar-refractivity contribution in [1.29, 1.82) is 0 Å². The maximum Gasteiger partial charge on any atom is 0.407 e. The number of carboxylic acids is 1. The summed E-state index contributed by atoms with van der Waals surface area (Å²) < 4.78 is 10.8. The van der Waals surface area contributed by atoms with Gasteiger partial charge < -0.3 is 25.2 Å². The first kappa shape index (κ1) is 28.4. The number of hydrogen-bond acceptors (Lipinski definition) is 6. The molecule has 0 radical (unpaired) electrons. The van der Waals surface area contributed by atoms with E-state index in [1.807, 2.05) is 66.7 Å². The average Bonchev–Trinajstić information content (AvgIpc) is 3.29. The zero-order valence-corrected chi connectivity index (χ0v) is 22.2. The van der Waals surface area contributed by atoms with Gasteiger partial charge >= 0.3 is 18.0 Å². The number of benzene rings is 3. The number of carbonyl (C=O) groups is 4. The van der Waals surface area contributed by atoms with E-state index in [1.54, 1.807) is 19.1 Å². The number of fused-ring (bicyclic) bond motifs is 3. The molecular weight excluding hydrogens is 512 g/mol. The third kappa shape index (κ3) is 7.05. The number of amides is 2. The van der Waals surface area contributed by atoms with Gasteiger partial charge in [-0.1, -0.05) is 85.8 Å². The highest BCUT2D eigenvalue weighted by molar-refractivity contribution is 5.90. The van der Waals surface area contributed by atoms with E-state index in [0.29, 0.717) is 6.42 Å². The smallest absolute Gasteiger partial charge is 0.407 e. The lowest BCUT2D eigenvalue weighted by Crippen LogP contribution is -2.49. The lowest BCUT2D eigenvalue weighted by molar-refractivity contribution is -0.147. The van der Waals surface area contributed by atoms with Gasteiger partial charge in [0.2, 0.25) is 5.91 Å². The molecule has 2 amide bonds. The molecule has 0 heterocycles. The average molecular weight is 545 g/mol. The van der Waals surface area contributed by atoms with Crippen LogP contribution in [0.3, 0.4) is 0 Å². The number of ether oxygens (including phenoxy) is 2. The molecule has 1 unspecified atom stereocenters. The Labute approximate surface area is 232 Å². The molecule has 9 nitrogen and oxygen atoms in total. The Morgan fingerprint density at radius 2 is 1.45 bits per heavy atom. The van der Waals surface area contributed by atoms with Gasteiger partial charge in [-0.3, -0.25) is 14.4 Å². The van der Waals surface area contributed by atoms with Crippen LogP contribution in [-0.4, -0.2) is 48.2 Å². The predicted octanol–water partition coefficient (Wildman–Crippen LogP) is 4.25. The fourth-order valence-electron chi connectivity index (χ4n) is 4.71. The number of alkyl carbamates (subject to hydrolysis) is 1. The summed E-state index contributed by atoms with van der Waals surface area (Å²) in [4.78, 5) is 49.7. The van der Waals surface area contributed by atoms with Crippen LogP contribution in [0.15, 0.2) is 78.9 Å². The maximum absolute atomic E-state index is 12.9. The van der Waals surface area contributed by atoms with Crippen molar-refractivity contribution in [2.24, 2.45) is 5.92 Å². The molecule has 0 fully saturated rings. The Kier molecular flexibility index (Phi) is 9.51. The van der Waals surface area contributed by atoms with Crippen LogP contribution >= 0.6 is 0 Å². The summed E-state index contributed by atoms with van der Waals surface area (Å²) in [6.45, 7) is 1.59. The first-order valence-electron chi connectivity index (χ1n) is 13.2. The van der Waals surface area contributed by atoms with Gasteiger partial charge in [0.05, 0.1) is 12.3 Å². The van der Waals surface area contributed by atoms with Crippen LogP contribution in [-0.2, 0) is 30.5 Å². The van der Waals surface area contributed by atoms with E-state index in [4.69, 9.17) is 9.47 Å². The van der Waals surface area contributed by atoms with Crippen molar-refractivity contribution < 1.29 is 33.8 Å². The molecule has 3 aromatic rings. The number of rotatable bonds is 12. The van der Waals surface area contributed by atoms with Crippen LogP contribution in [0.1, 0.15) is 42.4 Å². The van der Waals surface area contributed by atoms with Gasteiger partial charge in [0.1, 0.15) is 19.3 Å². The van der Waals surface area contributed by atoms with E-state index in [1.165, 1.54) is 0 Å². The largest absolute Gasteiger partial charge is 0.481 e. The molecular formula is C31H32N2O7. The number of carbonyl (C=O) groups excluding carboxylic acids is 3. The zero-order valence-electron chi connectivity index (χ0n) is 22.2. The topological polar surface area (TPSA) is 131 Å². The third-order valence-electron chi connectivity index (χ3n) is 6.93. The lowest BCUT2D eigenvalue weighted by Gasteiger charge is -2.20. The molecule has 0 spiro atoms. The number of aliphatic carboxylic acids is 1. The van der Waals surface area contributed by atoms with Crippen molar-refractivity contribution in [3.8, 4) is 11.1 Å². The molecule has 40 heavy (non-hydrogen) atoms. The molecule has 3 N–H and O–H groups in total.